The largest absolute Gasteiger partial charge is 0.481 e. The number of benzene rings is 3. The van der Waals surface area contributed by atoms with E-state index in [2.05, 4.69) is 0 Å². The van der Waals surface area contributed by atoms with Gasteiger partial charge in [0.15, 0.2) is 0 Å². The number of carboxylic acids is 1. The highest BCUT2D eigenvalue weighted by atomic mass is 35.5. The van der Waals surface area contributed by atoms with Crippen molar-refractivity contribution in [3.63, 3.8) is 0 Å². The molecule has 2 N–H and O–H groups in total. The molecule has 0 radical (unpaired) electrons. The number of aliphatic hydroxyl groups is 1. The first-order chi connectivity index (χ1) is 15.8. The molecule has 2 amide bonds. The van der Waals surface area contributed by atoms with Gasteiger partial charge in [-0.05, 0) is 53.8 Å². The van der Waals surface area contributed by atoms with Crippen LogP contribution in [0.25, 0.3) is 11.1 Å². The van der Waals surface area contributed by atoms with Crippen molar-refractivity contribution < 1.29 is 24.6 Å². The van der Waals surface area contributed by atoms with Crippen molar-refractivity contribution in [3.05, 3.63) is 94.5 Å². The summed E-state index contributed by atoms with van der Waals surface area (Å²) in [7, 11) is 0. The Kier molecular flexibility index (Phi) is 6.58. The van der Waals surface area contributed by atoms with Gasteiger partial charge < -0.3 is 10.2 Å². The van der Waals surface area contributed by atoms with E-state index in [0.29, 0.717) is 21.7 Å². The van der Waals surface area contributed by atoms with E-state index >= 15 is 0 Å². The lowest BCUT2D eigenvalue weighted by Crippen LogP contribution is -2.33. The standard InChI is InChI=1S/C26H22ClNO5/c27-20-11-9-17(10-12-20)16-5-7-18(8-6-16)23(29)15-19(26(32)33)13-14-28-24(30)21-3-1-2-4-22(21)25(28)31/h1-12,19,23,29H,13-15H2,(H,32,33). The molecule has 1 heterocycles. The number of amides is 2. The van der Waals surface area contributed by atoms with E-state index in [9.17, 15) is 24.6 Å². The smallest absolute Gasteiger partial charge is 0.306 e. The van der Waals surface area contributed by atoms with Crippen LogP contribution in [-0.2, 0) is 4.79 Å². The Hall–Kier alpha value is -3.48. The van der Waals surface area contributed by atoms with Gasteiger partial charge in [0.2, 0.25) is 0 Å². The molecule has 6 nitrogen and oxygen atoms in total. The Bertz CT molecular complexity index is 1160. The maximum absolute atomic E-state index is 12.5. The fourth-order valence-corrected chi connectivity index (χ4v) is 4.14. The molecular weight excluding hydrogens is 442 g/mol. The molecule has 0 aromatic heterocycles. The van der Waals surface area contributed by atoms with Crippen molar-refractivity contribution in [1.29, 1.82) is 0 Å². The van der Waals surface area contributed by atoms with Crippen LogP contribution in [0, 0.1) is 5.92 Å². The minimum absolute atomic E-state index is 0.0223. The fourth-order valence-electron chi connectivity index (χ4n) is 4.01. The maximum Gasteiger partial charge on any atom is 0.306 e. The molecule has 168 valence electrons. The van der Waals surface area contributed by atoms with Crippen LogP contribution in [0.15, 0.2) is 72.8 Å². The number of halogens is 1. The minimum atomic E-state index is -1.08. The van der Waals surface area contributed by atoms with Gasteiger partial charge in [-0.3, -0.25) is 19.3 Å². The van der Waals surface area contributed by atoms with E-state index < -0.39 is 29.8 Å². The van der Waals surface area contributed by atoms with Crippen LogP contribution in [0.1, 0.15) is 45.2 Å². The number of carbonyl (C=O) groups is 3. The zero-order valence-electron chi connectivity index (χ0n) is 17.6. The lowest BCUT2D eigenvalue weighted by Gasteiger charge is -2.20. The number of hydrogen-bond acceptors (Lipinski definition) is 4. The predicted molar refractivity (Wildman–Crippen MR) is 124 cm³/mol. The lowest BCUT2D eigenvalue weighted by molar-refractivity contribution is -0.143. The summed E-state index contributed by atoms with van der Waals surface area (Å²) in [4.78, 5) is 37.9. The van der Waals surface area contributed by atoms with E-state index in [-0.39, 0.29) is 19.4 Å². The van der Waals surface area contributed by atoms with Crippen LogP contribution >= 0.6 is 11.6 Å². The summed E-state index contributed by atoms with van der Waals surface area (Å²) in [6.07, 6.45) is -0.966. The number of hydrogen-bond donors (Lipinski definition) is 2. The SMILES string of the molecule is O=C(O)C(CCN1C(=O)c2ccccc2C1=O)CC(O)c1ccc(-c2ccc(Cl)cc2)cc1. The zero-order valence-corrected chi connectivity index (χ0v) is 18.4. The van der Waals surface area contributed by atoms with Crippen molar-refractivity contribution in [2.24, 2.45) is 5.92 Å². The van der Waals surface area contributed by atoms with E-state index in [1.165, 1.54) is 0 Å². The number of aliphatic hydroxyl groups excluding tert-OH is 1. The number of carboxylic acid groups (broad SMARTS) is 1. The van der Waals surface area contributed by atoms with Gasteiger partial charge >= 0.3 is 5.97 Å². The van der Waals surface area contributed by atoms with E-state index in [1.54, 1.807) is 48.5 Å². The van der Waals surface area contributed by atoms with Crippen LogP contribution in [0.3, 0.4) is 0 Å². The van der Waals surface area contributed by atoms with Crippen LogP contribution in [0.5, 0.6) is 0 Å². The molecule has 7 heteroatoms. The predicted octanol–water partition coefficient (Wildman–Crippen LogP) is 4.82. The molecule has 0 bridgehead atoms. The first-order valence-corrected chi connectivity index (χ1v) is 10.9. The van der Waals surface area contributed by atoms with Gasteiger partial charge in [-0.1, -0.05) is 60.1 Å². The van der Waals surface area contributed by atoms with Crippen LogP contribution in [0.2, 0.25) is 5.02 Å². The summed E-state index contributed by atoms with van der Waals surface area (Å²) < 4.78 is 0. The normalized spacial score (nSPS) is 14.8. The quantitative estimate of drug-likeness (QED) is 0.467. The fraction of sp³-hybridized carbons (Fsp3) is 0.192. The maximum atomic E-state index is 12.5. The zero-order chi connectivity index (χ0) is 23.5. The van der Waals surface area contributed by atoms with Crippen LogP contribution in [0.4, 0.5) is 0 Å². The summed E-state index contributed by atoms with van der Waals surface area (Å²) in [5, 5.41) is 20.9. The van der Waals surface area contributed by atoms with Gasteiger partial charge in [0.05, 0.1) is 23.1 Å². The first kappa shape index (κ1) is 22.7. The van der Waals surface area contributed by atoms with E-state index in [0.717, 1.165) is 16.0 Å². The Morgan fingerprint density at radius 3 is 1.88 bits per heavy atom. The highest BCUT2D eigenvalue weighted by molar-refractivity contribution is 6.30. The van der Waals surface area contributed by atoms with Gasteiger partial charge in [0.25, 0.3) is 11.8 Å². The monoisotopic (exact) mass is 463 g/mol. The van der Waals surface area contributed by atoms with Gasteiger partial charge in [-0.15, -0.1) is 0 Å². The highest BCUT2D eigenvalue weighted by Gasteiger charge is 2.35. The molecule has 1 aliphatic heterocycles. The summed E-state index contributed by atoms with van der Waals surface area (Å²) in [6.45, 7) is -0.0223. The molecule has 33 heavy (non-hydrogen) atoms. The topological polar surface area (TPSA) is 94.9 Å². The first-order valence-electron chi connectivity index (χ1n) is 10.6. The molecule has 3 aromatic carbocycles. The molecule has 0 spiro atoms. The molecule has 0 saturated carbocycles. The third-order valence-electron chi connectivity index (χ3n) is 5.91. The van der Waals surface area contributed by atoms with Gasteiger partial charge in [0, 0.05) is 11.6 Å². The minimum Gasteiger partial charge on any atom is -0.481 e. The van der Waals surface area contributed by atoms with Crippen molar-refractivity contribution in [2.75, 3.05) is 6.54 Å². The number of nitrogens with zero attached hydrogens (tertiary/aromatic N) is 1. The number of rotatable bonds is 8. The molecule has 1 aliphatic rings. The van der Waals surface area contributed by atoms with E-state index in [4.69, 9.17) is 11.6 Å². The summed E-state index contributed by atoms with van der Waals surface area (Å²) >= 11 is 5.93. The summed E-state index contributed by atoms with van der Waals surface area (Å²) in [5.74, 6) is -2.83. The third-order valence-corrected chi connectivity index (χ3v) is 6.16. The van der Waals surface area contributed by atoms with Crippen molar-refractivity contribution in [3.8, 4) is 11.1 Å². The van der Waals surface area contributed by atoms with E-state index in [1.807, 2.05) is 24.3 Å². The lowest BCUT2D eigenvalue weighted by atomic mass is 9.93. The Morgan fingerprint density at radius 1 is 0.848 bits per heavy atom. The molecule has 0 saturated heterocycles. The molecule has 2 unspecified atom stereocenters. The Labute approximate surface area is 196 Å². The second kappa shape index (κ2) is 9.57. The van der Waals surface area contributed by atoms with Gasteiger partial charge in [0.1, 0.15) is 0 Å². The number of aliphatic carboxylic acids is 1. The summed E-state index contributed by atoms with van der Waals surface area (Å²) in [6, 6.07) is 21.2. The second-order valence-corrected chi connectivity index (χ2v) is 8.45. The summed E-state index contributed by atoms with van der Waals surface area (Å²) in [5.41, 5.74) is 3.18. The van der Waals surface area contributed by atoms with Crippen molar-refractivity contribution in [2.45, 2.75) is 18.9 Å². The van der Waals surface area contributed by atoms with Crippen LogP contribution in [-0.4, -0.2) is 39.4 Å². The van der Waals surface area contributed by atoms with Gasteiger partial charge in [-0.2, -0.15) is 0 Å². The highest BCUT2D eigenvalue weighted by Crippen LogP contribution is 2.29. The molecular formula is C26H22ClNO5. The van der Waals surface area contributed by atoms with Crippen molar-refractivity contribution in [1.82, 2.24) is 4.90 Å². The molecule has 4 rings (SSSR count). The molecule has 0 fully saturated rings. The second-order valence-electron chi connectivity index (χ2n) is 8.01. The average Bonchev–Trinajstić information content (AvgIpc) is 3.07. The molecule has 3 aromatic rings. The Morgan fingerprint density at radius 2 is 1.36 bits per heavy atom. The van der Waals surface area contributed by atoms with Crippen LogP contribution < -0.4 is 0 Å². The third kappa shape index (κ3) is 4.82. The number of fused-ring (bicyclic) bond motifs is 1. The van der Waals surface area contributed by atoms with Crippen molar-refractivity contribution >= 4 is 29.4 Å². The Balaban J connectivity index is 1.40. The average molecular weight is 464 g/mol. The van der Waals surface area contributed by atoms with Gasteiger partial charge in [-0.25, -0.2) is 0 Å². The number of imide groups is 1. The molecule has 0 aliphatic carbocycles. The molecule has 2 atom stereocenters. The number of carbonyl (C=O) groups excluding carboxylic acids is 2.